The van der Waals surface area contributed by atoms with Crippen molar-refractivity contribution in [2.24, 2.45) is 0 Å². The third-order valence-electron chi connectivity index (χ3n) is 4.79. The number of nitrogens with one attached hydrogen (secondary N) is 1. The fourth-order valence-corrected chi connectivity index (χ4v) is 3.21. The molecule has 2 heterocycles. The van der Waals surface area contributed by atoms with Crippen molar-refractivity contribution in [2.45, 2.75) is 25.0 Å². The number of carbonyl (C=O) groups excluding carboxylic acids is 1. The Morgan fingerprint density at radius 1 is 1.35 bits per heavy atom. The molecule has 138 valence electrons. The van der Waals surface area contributed by atoms with Gasteiger partial charge in [0.25, 0.3) is 11.5 Å². The summed E-state index contributed by atoms with van der Waals surface area (Å²) in [6, 6.07) is 7.38. The summed E-state index contributed by atoms with van der Waals surface area (Å²) >= 11 is 0. The zero-order valence-corrected chi connectivity index (χ0v) is 14.6. The molecule has 1 aromatic carbocycles. The molecule has 1 aliphatic rings. The summed E-state index contributed by atoms with van der Waals surface area (Å²) in [4.78, 5) is 40.0. The number of methoxy groups -OCH3 is 1. The van der Waals surface area contributed by atoms with Gasteiger partial charge < -0.3 is 14.7 Å². The summed E-state index contributed by atoms with van der Waals surface area (Å²) in [6.45, 7) is 2.13. The Morgan fingerprint density at radius 2 is 2.12 bits per heavy atom. The monoisotopic (exact) mass is 359 g/mol. The van der Waals surface area contributed by atoms with Crippen LogP contribution in [-0.2, 0) is 0 Å². The maximum absolute atomic E-state index is 12.8. The van der Waals surface area contributed by atoms with Crippen LogP contribution >= 0.6 is 0 Å². The van der Waals surface area contributed by atoms with E-state index in [-0.39, 0.29) is 12.5 Å². The quantitative estimate of drug-likeness (QED) is 0.825. The fraction of sp³-hybridized carbons (Fsp3) is 0.389. The Labute approximate surface area is 149 Å². The number of ether oxygens (including phenoxy) is 1. The van der Waals surface area contributed by atoms with Crippen molar-refractivity contribution < 1.29 is 14.6 Å². The van der Waals surface area contributed by atoms with Crippen LogP contribution in [0.15, 0.2) is 46.1 Å². The van der Waals surface area contributed by atoms with E-state index in [9.17, 15) is 19.5 Å². The van der Waals surface area contributed by atoms with E-state index < -0.39 is 22.9 Å². The Kier molecular flexibility index (Phi) is 4.69. The normalized spacial score (nSPS) is 22.9. The zero-order chi connectivity index (χ0) is 18.9. The number of H-pyrrole nitrogens is 1. The maximum Gasteiger partial charge on any atom is 0.328 e. The second-order valence-corrected chi connectivity index (χ2v) is 6.62. The highest BCUT2D eigenvalue weighted by molar-refractivity contribution is 5.94. The van der Waals surface area contributed by atoms with Crippen LogP contribution in [0.4, 0.5) is 0 Å². The first-order chi connectivity index (χ1) is 12.3. The molecule has 2 aromatic rings. The van der Waals surface area contributed by atoms with E-state index in [2.05, 4.69) is 4.98 Å². The molecule has 1 saturated heterocycles. The number of aromatic amines is 1. The maximum atomic E-state index is 12.8. The lowest BCUT2D eigenvalue weighted by Crippen LogP contribution is -2.54. The molecule has 0 spiro atoms. The minimum Gasteiger partial charge on any atom is -0.497 e. The Hall–Kier alpha value is -2.87. The first kappa shape index (κ1) is 17.9. The number of carbonyl (C=O) groups is 1. The van der Waals surface area contributed by atoms with E-state index in [1.54, 1.807) is 36.1 Å². The van der Waals surface area contributed by atoms with Crippen LogP contribution in [0, 0.1) is 0 Å². The fourth-order valence-electron chi connectivity index (χ4n) is 3.21. The SMILES string of the molecule is COc1cccc(C(=O)N2CC[C@@](C)(O)[C@H](n3ccc(=O)[nH]c3=O)C2)c1. The summed E-state index contributed by atoms with van der Waals surface area (Å²) in [7, 11) is 1.53. The van der Waals surface area contributed by atoms with Crippen LogP contribution < -0.4 is 16.0 Å². The smallest absolute Gasteiger partial charge is 0.328 e. The number of aromatic nitrogens is 2. The summed E-state index contributed by atoms with van der Waals surface area (Å²) in [5.74, 6) is 0.370. The van der Waals surface area contributed by atoms with Gasteiger partial charge in [0.05, 0.1) is 18.8 Å². The van der Waals surface area contributed by atoms with Gasteiger partial charge in [-0.25, -0.2) is 4.79 Å². The Bertz CT molecular complexity index is 931. The van der Waals surface area contributed by atoms with Gasteiger partial charge in [0.15, 0.2) is 0 Å². The molecule has 2 atom stereocenters. The molecule has 26 heavy (non-hydrogen) atoms. The molecule has 1 amide bonds. The van der Waals surface area contributed by atoms with Crippen LogP contribution in [0.1, 0.15) is 29.7 Å². The molecule has 1 aromatic heterocycles. The highest BCUT2D eigenvalue weighted by Gasteiger charge is 2.40. The van der Waals surface area contributed by atoms with Gasteiger partial charge in [-0.2, -0.15) is 0 Å². The van der Waals surface area contributed by atoms with E-state index in [1.165, 1.54) is 23.9 Å². The van der Waals surface area contributed by atoms with Gasteiger partial charge in [0.1, 0.15) is 5.75 Å². The van der Waals surface area contributed by atoms with Gasteiger partial charge in [-0.15, -0.1) is 0 Å². The molecule has 0 aliphatic carbocycles. The van der Waals surface area contributed by atoms with E-state index in [1.807, 2.05) is 0 Å². The average molecular weight is 359 g/mol. The molecule has 1 aliphatic heterocycles. The van der Waals surface area contributed by atoms with Crippen LogP contribution in [0.5, 0.6) is 5.75 Å². The number of likely N-dealkylation sites (tertiary alicyclic amines) is 1. The highest BCUT2D eigenvalue weighted by Crippen LogP contribution is 2.31. The Balaban J connectivity index is 1.90. The molecule has 0 saturated carbocycles. The number of amides is 1. The molecule has 0 bridgehead atoms. The number of hydrogen-bond acceptors (Lipinski definition) is 5. The second kappa shape index (κ2) is 6.80. The van der Waals surface area contributed by atoms with Crippen LogP contribution in [0.2, 0.25) is 0 Å². The van der Waals surface area contributed by atoms with Crippen molar-refractivity contribution in [1.29, 1.82) is 0 Å². The first-order valence-electron chi connectivity index (χ1n) is 8.29. The summed E-state index contributed by atoms with van der Waals surface area (Å²) in [5, 5.41) is 10.7. The standard InChI is InChI=1S/C18H21N3O5/c1-18(25)7-9-20(16(23)12-4-3-5-13(10-12)26-2)11-14(18)21-8-6-15(22)19-17(21)24/h3-6,8,10,14,25H,7,9,11H2,1-2H3,(H,19,22,24)/t14-,18-/m1/s1. The lowest BCUT2D eigenvalue weighted by atomic mass is 9.87. The van der Waals surface area contributed by atoms with Gasteiger partial charge in [-0.3, -0.25) is 19.1 Å². The minimum absolute atomic E-state index is 0.148. The minimum atomic E-state index is -1.19. The lowest BCUT2D eigenvalue weighted by Gasteiger charge is -2.43. The van der Waals surface area contributed by atoms with E-state index in [0.717, 1.165) is 0 Å². The van der Waals surface area contributed by atoms with Gasteiger partial charge >= 0.3 is 5.69 Å². The van der Waals surface area contributed by atoms with Gasteiger partial charge in [0, 0.05) is 30.9 Å². The predicted molar refractivity (Wildman–Crippen MR) is 94.5 cm³/mol. The van der Waals surface area contributed by atoms with Crippen LogP contribution in [-0.4, -0.2) is 51.3 Å². The van der Waals surface area contributed by atoms with Crippen molar-refractivity contribution in [1.82, 2.24) is 14.5 Å². The number of hydrogen-bond donors (Lipinski definition) is 2. The molecule has 1 fully saturated rings. The van der Waals surface area contributed by atoms with Crippen LogP contribution in [0.3, 0.4) is 0 Å². The number of nitrogens with zero attached hydrogens (tertiary/aromatic N) is 2. The average Bonchev–Trinajstić information content (AvgIpc) is 2.62. The summed E-state index contributed by atoms with van der Waals surface area (Å²) in [6.07, 6.45) is 1.65. The van der Waals surface area contributed by atoms with Gasteiger partial charge in [-0.1, -0.05) is 6.07 Å². The molecule has 8 heteroatoms. The van der Waals surface area contributed by atoms with Crippen molar-refractivity contribution in [3.05, 3.63) is 62.9 Å². The zero-order valence-electron chi connectivity index (χ0n) is 14.6. The molecule has 0 radical (unpaired) electrons. The number of rotatable bonds is 3. The molecular formula is C18H21N3O5. The summed E-state index contributed by atoms with van der Waals surface area (Å²) in [5.41, 5.74) is -1.84. The molecule has 0 unspecified atom stereocenters. The van der Waals surface area contributed by atoms with Crippen LogP contribution in [0.25, 0.3) is 0 Å². The van der Waals surface area contributed by atoms with Crippen molar-refractivity contribution in [2.75, 3.05) is 20.2 Å². The third-order valence-corrected chi connectivity index (χ3v) is 4.79. The molecule has 2 N–H and O–H groups in total. The van der Waals surface area contributed by atoms with E-state index in [0.29, 0.717) is 24.3 Å². The Morgan fingerprint density at radius 3 is 2.81 bits per heavy atom. The lowest BCUT2D eigenvalue weighted by molar-refractivity contribution is -0.0459. The van der Waals surface area contributed by atoms with E-state index >= 15 is 0 Å². The number of aliphatic hydroxyl groups is 1. The van der Waals surface area contributed by atoms with Crippen molar-refractivity contribution >= 4 is 5.91 Å². The van der Waals surface area contributed by atoms with Gasteiger partial charge in [-0.05, 0) is 31.5 Å². The number of benzene rings is 1. The highest BCUT2D eigenvalue weighted by atomic mass is 16.5. The van der Waals surface area contributed by atoms with Crippen molar-refractivity contribution in [3.8, 4) is 5.75 Å². The topological polar surface area (TPSA) is 105 Å². The largest absolute Gasteiger partial charge is 0.497 e. The molecular weight excluding hydrogens is 338 g/mol. The second-order valence-electron chi connectivity index (χ2n) is 6.62. The first-order valence-corrected chi connectivity index (χ1v) is 8.29. The molecule has 8 nitrogen and oxygen atoms in total. The number of piperidine rings is 1. The molecule has 3 rings (SSSR count). The summed E-state index contributed by atoms with van der Waals surface area (Å²) < 4.78 is 6.42. The van der Waals surface area contributed by atoms with Crippen molar-refractivity contribution in [3.63, 3.8) is 0 Å². The van der Waals surface area contributed by atoms with Gasteiger partial charge in [0.2, 0.25) is 0 Å². The predicted octanol–water partition coefficient (Wildman–Crippen LogP) is 0.383. The van der Waals surface area contributed by atoms with E-state index in [4.69, 9.17) is 4.74 Å². The third kappa shape index (κ3) is 3.41.